The predicted octanol–water partition coefficient (Wildman–Crippen LogP) is 4.14. The van der Waals surface area contributed by atoms with E-state index in [4.69, 9.17) is 0 Å². The van der Waals surface area contributed by atoms with Crippen LogP contribution in [-0.2, 0) is 4.79 Å². The average molecular weight is 279 g/mol. The molecule has 0 radical (unpaired) electrons. The predicted molar refractivity (Wildman–Crippen MR) is 84.7 cm³/mol. The summed E-state index contributed by atoms with van der Waals surface area (Å²) in [7, 11) is 2.25. The van der Waals surface area contributed by atoms with Crippen molar-refractivity contribution in [1.82, 2.24) is 4.90 Å². The van der Waals surface area contributed by atoms with Crippen molar-refractivity contribution in [2.24, 2.45) is 23.7 Å². The topological polar surface area (TPSA) is 20.3 Å². The molecule has 2 rings (SSSR count). The molecule has 0 aromatic rings. The maximum absolute atomic E-state index is 12.3. The molecule has 0 N–H and O–H groups in total. The highest BCUT2D eigenvalue weighted by Crippen LogP contribution is 2.33. The lowest BCUT2D eigenvalue weighted by Crippen LogP contribution is -2.43. The summed E-state index contributed by atoms with van der Waals surface area (Å²) in [5.74, 6) is 2.93. The van der Waals surface area contributed by atoms with Gasteiger partial charge in [0.05, 0.1) is 0 Å². The Morgan fingerprint density at radius 2 is 1.80 bits per heavy atom. The van der Waals surface area contributed by atoms with Crippen molar-refractivity contribution in [3.05, 3.63) is 0 Å². The van der Waals surface area contributed by atoms with Gasteiger partial charge in [-0.15, -0.1) is 0 Å². The van der Waals surface area contributed by atoms with Crippen molar-refractivity contribution in [2.75, 3.05) is 13.6 Å². The van der Waals surface area contributed by atoms with E-state index in [0.29, 0.717) is 23.5 Å². The number of ketones is 1. The number of nitrogens with zero attached hydrogens (tertiary/aromatic N) is 1. The fourth-order valence-corrected chi connectivity index (χ4v) is 4.43. The molecular weight excluding hydrogens is 246 g/mol. The SMILES string of the molecule is CCC1CCC(N(C)CC2C(=O)CC(C)CC2C)CC1. The standard InChI is InChI=1S/C18H33NO/c1-5-15-6-8-16(9-7-15)19(4)12-17-14(3)10-13(2)11-18(17)20/h13-17H,5-12H2,1-4H3. The number of carbonyl (C=O) groups is 1. The van der Waals surface area contributed by atoms with Crippen molar-refractivity contribution < 1.29 is 4.79 Å². The first-order valence-electron chi connectivity index (χ1n) is 8.74. The summed E-state index contributed by atoms with van der Waals surface area (Å²) < 4.78 is 0. The molecule has 0 aliphatic heterocycles. The first kappa shape index (κ1) is 16.0. The van der Waals surface area contributed by atoms with Gasteiger partial charge in [0.15, 0.2) is 0 Å². The molecule has 2 nitrogen and oxygen atoms in total. The summed E-state index contributed by atoms with van der Waals surface area (Å²) in [6.07, 6.45) is 8.82. The van der Waals surface area contributed by atoms with Gasteiger partial charge in [0, 0.05) is 24.9 Å². The van der Waals surface area contributed by atoms with Crippen molar-refractivity contribution in [2.45, 2.75) is 71.8 Å². The van der Waals surface area contributed by atoms with Gasteiger partial charge < -0.3 is 4.90 Å². The Bertz CT molecular complexity index is 319. The number of rotatable bonds is 4. The summed E-state index contributed by atoms with van der Waals surface area (Å²) in [4.78, 5) is 14.8. The maximum atomic E-state index is 12.3. The maximum Gasteiger partial charge on any atom is 0.137 e. The van der Waals surface area contributed by atoms with Gasteiger partial charge in [-0.25, -0.2) is 0 Å². The number of Topliss-reactive ketones (excluding diaryl/α,β-unsaturated/α-hetero) is 1. The summed E-state index contributed by atoms with van der Waals surface area (Å²) in [5.41, 5.74) is 0. The molecule has 0 spiro atoms. The van der Waals surface area contributed by atoms with E-state index in [1.807, 2.05) is 0 Å². The molecule has 0 amide bonds. The second-order valence-electron chi connectivity index (χ2n) is 7.62. The van der Waals surface area contributed by atoms with Gasteiger partial charge in [0.2, 0.25) is 0 Å². The normalized spacial score (nSPS) is 39.2. The third-order valence-corrected chi connectivity index (χ3v) is 5.93. The number of hydrogen-bond acceptors (Lipinski definition) is 2. The Balaban J connectivity index is 1.85. The monoisotopic (exact) mass is 279 g/mol. The Kier molecular flexibility index (Phi) is 5.65. The van der Waals surface area contributed by atoms with Crippen molar-refractivity contribution >= 4 is 5.78 Å². The molecule has 0 aromatic heterocycles. The third-order valence-electron chi connectivity index (χ3n) is 5.93. The third kappa shape index (κ3) is 3.84. The van der Waals surface area contributed by atoms with Crippen LogP contribution in [0.5, 0.6) is 0 Å². The highest BCUT2D eigenvalue weighted by Gasteiger charge is 2.34. The van der Waals surface area contributed by atoms with Crippen LogP contribution in [0.1, 0.15) is 65.7 Å². The largest absolute Gasteiger partial charge is 0.303 e. The smallest absolute Gasteiger partial charge is 0.137 e. The molecule has 2 saturated carbocycles. The van der Waals surface area contributed by atoms with Crippen LogP contribution in [0.2, 0.25) is 0 Å². The second kappa shape index (κ2) is 7.06. The molecule has 3 atom stereocenters. The molecule has 2 fully saturated rings. The molecular formula is C18H33NO. The van der Waals surface area contributed by atoms with Crippen molar-refractivity contribution in [1.29, 1.82) is 0 Å². The number of hydrogen-bond donors (Lipinski definition) is 0. The highest BCUT2D eigenvalue weighted by atomic mass is 16.1. The lowest BCUT2D eigenvalue weighted by Gasteiger charge is -2.39. The van der Waals surface area contributed by atoms with Gasteiger partial charge in [-0.3, -0.25) is 4.79 Å². The van der Waals surface area contributed by atoms with Crippen LogP contribution in [-0.4, -0.2) is 30.3 Å². The molecule has 2 aliphatic carbocycles. The van der Waals surface area contributed by atoms with E-state index in [1.54, 1.807) is 0 Å². The van der Waals surface area contributed by atoms with Crippen LogP contribution >= 0.6 is 0 Å². The molecule has 3 unspecified atom stereocenters. The summed E-state index contributed by atoms with van der Waals surface area (Å²) >= 11 is 0. The summed E-state index contributed by atoms with van der Waals surface area (Å²) in [6.45, 7) is 7.81. The van der Waals surface area contributed by atoms with Crippen LogP contribution in [0.3, 0.4) is 0 Å². The van der Waals surface area contributed by atoms with Crippen LogP contribution in [0.15, 0.2) is 0 Å². The van der Waals surface area contributed by atoms with Gasteiger partial charge in [0.1, 0.15) is 5.78 Å². The number of carbonyl (C=O) groups excluding carboxylic acids is 1. The molecule has 0 aromatic carbocycles. The van der Waals surface area contributed by atoms with Gasteiger partial charge in [-0.05, 0) is 56.9 Å². The molecule has 0 bridgehead atoms. The highest BCUT2D eigenvalue weighted by molar-refractivity contribution is 5.82. The van der Waals surface area contributed by atoms with Crippen LogP contribution < -0.4 is 0 Å². The minimum atomic E-state index is 0.292. The Morgan fingerprint density at radius 3 is 2.35 bits per heavy atom. The molecule has 0 saturated heterocycles. The van der Waals surface area contributed by atoms with E-state index in [9.17, 15) is 4.79 Å². The lowest BCUT2D eigenvalue weighted by molar-refractivity contribution is -0.128. The fraction of sp³-hybridized carbons (Fsp3) is 0.944. The average Bonchev–Trinajstić information content (AvgIpc) is 2.42. The van der Waals surface area contributed by atoms with Crippen molar-refractivity contribution in [3.63, 3.8) is 0 Å². The van der Waals surface area contributed by atoms with Gasteiger partial charge in [-0.2, -0.15) is 0 Å². The fourth-order valence-electron chi connectivity index (χ4n) is 4.43. The molecule has 0 heterocycles. The van der Waals surface area contributed by atoms with E-state index in [2.05, 4.69) is 32.7 Å². The van der Waals surface area contributed by atoms with E-state index < -0.39 is 0 Å². The molecule has 20 heavy (non-hydrogen) atoms. The minimum Gasteiger partial charge on any atom is -0.303 e. The molecule has 116 valence electrons. The van der Waals surface area contributed by atoms with Gasteiger partial charge >= 0.3 is 0 Å². The summed E-state index contributed by atoms with van der Waals surface area (Å²) in [6, 6.07) is 0.720. The van der Waals surface area contributed by atoms with Gasteiger partial charge in [-0.1, -0.05) is 27.2 Å². The zero-order chi connectivity index (χ0) is 14.7. The quantitative estimate of drug-likeness (QED) is 0.771. The van der Waals surface area contributed by atoms with E-state index in [1.165, 1.54) is 38.5 Å². The Labute approximate surface area is 125 Å². The first-order chi connectivity index (χ1) is 9.51. The van der Waals surface area contributed by atoms with E-state index in [-0.39, 0.29) is 0 Å². The van der Waals surface area contributed by atoms with Crippen LogP contribution in [0.25, 0.3) is 0 Å². The van der Waals surface area contributed by atoms with Crippen LogP contribution in [0, 0.1) is 23.7 Å². The molecule has 2 heteroatoms. The first-order valence-corrected chi connectivity index (χ1v) is 8.74. The summed E-state index contributed by atoms with van der Waals surface area (Å²) in [5, 5.41) is 0. The van der Waals surface area contributed by atoms with Crippen LogP contribution in [0.4, 0.5) is 0 Å². The zero-order valence-electron chi connectivity index (χ0n) is 13.9. The Morgan fingerprint density at radius 1 is 1.15 bits per heavy atom. The minimum absolute atomic E-state index is 0.292. The van der Waals surface area contributed by atoms with Gasteiger partial charge in [0.25, 0.3) is 0 Å². The molecule has 2 aliphatic rings. The second-order valence-corrected chi connectivity index (χ2v) is 7.62. The van der Waals surface area contributed by atoms with Crippen molar-refractivity contribution in [3.8, 4) is 0 Å². The zero-order valence-corrected chi connectivity index (χ0v) is 13.9. The lowest BCUT2D eigenvalue weighted by atomic mass is 9.74. The van der Waals surface area contributed by atoms with E-state index in [0.717, 1.165) is 24.9 Å². The van der Waals surface area contributed by atoms with E-state index >= 15 is 0 Å². The Hall–Kier alpha value is -0.370.